The molecule has 0 unspecified atom stereocenters. The van der Waals surface area contributed by atoms with Gasteiger partial charge in [0.1, 0.15) is 0 Å². The van der Waals surface area contributed by atoms with E-state index in [-0.39, 0.29) is 30.7 Å². The first-order valence-corrected chi connectivity index (χ1v) is 9.47. The number of amides is 3. The second-order valence-corrected chi connectivity index (χ2v) is 7.60. The van der Waals surface area contributed by atoms with Crippen LogP contribution in [0, 0.1) is 0 Å². The van der Waals surface area contributed by atoms with Gasteiger partial charge in [-0.3, -0.25) is 24.1 Å². The molecule has 2 aliphatic rings. The van der Waals surface area contributed by atoms with Crippen LogP contribution in [0.4, 0.5) is 0 Å². The van der Waals surface area contributed by atoms with Crippen molar-refractivity contribution in [2.45, 2.75) is 37.8 Å². The second kappa shape index (κ2) is 7.16. The molecule has 0 radical (unpaired) electrons. The van der Waals surface area contributed by atoms with Crippen molar-refractivity contribution in [1.29, 1.82) is 0 Å². The number of hydrogen-bond acceptors (Lipinski definition) is 4. The van der Waals surface area contributed by atoms with E-state index in [0.717, 1.165) is 6.42 Å². The number of carbonyl (C=O) groups is 4. The number of carboxylic acids is 1. The maximum Gasteiger partial charge on any atom is 0.305 e. The zero-order valence-corrected chi connectivity index (χ0v) is 15.7. The smallest absolute Gasteiger partial charge is 0.305 e. The van der Waals surface area contributed by atoms with Crippen molar-refractivity contribution in [1.82, 2.24) is 10.2 Å². The van der Waals surface area contributed by atoms with Gasteiger partial charge in [-0.2, -0.15) is 0 Å². The highest BCUT2D eigenvalue weighted by atomic mass is 16.4. The van der Waals surface area contributed by atoms with E-state index in [0.29, 0.717) is 35.1 Å². The predicted octanol–water partition coefficient (Wildman–Crippen LogP) is 2.61. The fraction of sp³-hybridized carbons (Fsp3) is 0.273. The Bertz CT molecular complexity index is 990. The van der Waals surface area contributed by atoms with Crippen LogP contribution in [0.25, 0.3) is 0 Å². The molecular weight excluding hydrogens is 372 g/mol. The Labute approximate surface area is 167 Å². The van der Waals surface area contributed by atoms with Crippen molar-refractivity contribution >= 4 is 23.7 Å². The summed E-state index contributed by atoms with van der Waals surface area (Å²) in [7, 11) is 0. The highest BCUT2D eigenvalue weighted by molar-refractivity contribution is 6.21. The number of nitrogens with one attached hydrogen (secondary N) is 1. The molecule has 1 heterocycles. The maximum absolute atomic E-state index is 12.7. The average Bonchev–Trinajstić information content (AvgIpc) is 2.91. The molecule has 0 bridgehead atoms. The van der Waals surface area contributed by atoms with Gasteiger partial charge in [-0.05, 0) is 49.1 Å². The average molecular weight is 392 g/mol. The summed E-state index contributed by atoms with van der Waals surface area (Å²) in [4.78, 5) is 50.0. The van der Waals surface area contributed by atoms with Crippen LogP contribution < -0.4 is 5.32 Å². The van der Waals surface area contributed by atoms with Crippen LogP contribution >= 0.6 is 0 Å². The molecule has 0 aromatic heterocycles. The number of fused-ring (bicyclic) bond motifs is 1. The molecule has 2 N–H and O–H groups in total. The van der Waals surface area contributed by atoms with E-state index in [1.807, 2.05) is 0 Å². The van der Waals surface area contributed by atoms with Gasteiger partial charge in [-0.15, -0.1) is 0 Å². The zero-order valence-electron chi connectivity index (χ0n) is 15.7. The minimum Gasteiger partial charge on any atom is -0.481 e. The lowest BCUT2D eigenvalue weighted by Crippen LogP contribution is -2.54. The van der Waals surface area contributed by atoms with Gasteiger partial charge >= 0.3 is 5.97 Å². The molecule has 1 fully saturated rings. The SMILES string of the molecule is O=C(O)CC1(NC(=O)c2cccc(CN3C(=O)c4ccccc4C3=O)c2)CCC1. The van der Waals surface area contributed by atoms with E-state index < -0.39 is 11.5 Å². The minimum atomic E-state index is -0.940. The molecule has 7 nitrogen and oxygen atoms in total. The topological polar surface area (TPSA) is 104 Å². The molecule has 3 amide bonds. The van der Waals surface area contributed by atoms with Gasteiger partial charge in [0.25, 0.3) is 17.7 Å². The van der Waals surface area contributed by atoms with Crippen LogP contribution in [0.2, 0.25) is 0 Å². The third-order valence-corrected chi connectivity index (χ3v) is 5.59. The van der Waals surface area contributed by atoms with Crippen molar-refractivity contribution in [2.75, 3.05) is 0 Å². The predicted molar refractivity (Wildman–Crippen MR) is 103 cm³/mol. The van der Waals surface area contributed by atoms with Crippen molar-refractivity contribution in [3.63, 3.8) is 0 Å². The number of imide groups is 1. The van der Waals surface area contributed by atoms with Crippen LogP contribution in [0.3, 0.4) is 0 Å². The number of hydrogen-bond donors (Lipinski definition) is 2. The first-order chi connectivity index (χ1) is 13.9. The molecule has 1 aliphatic carbocycles. The quantitative estimate of drug-likeness (QED) is 0.736. The lowest BCUT2D eigenvalue weighted by atomic mass is 9.74. The first-order valence-electron chi connectivity index (χ1n) is 9.47. The van der Waals surface area contributed by atoms with E-state index in [9.17, 15) is 19.2 Å². The Hall–Kier alpha value is -3.48. The standard InChI is InChI=1S/C22H20N2O5/c25-18(26)12-22(9-4-10-22)23-19(27)15-6-3-5-14(11-15)13-24-20(28)16-7-1-2-8-17(16)21(24)29/h1-3,5-8,11H,4,9-10,12-13H2,(H,23,27)(H,25,26). The summed E-state index contributed by atoms with van der Waals surface area (Å²) in [5.74, 6) is -2.00. The van der Waals surface area contributed by atoms with Crippen LogP contribution in [0.15, 0.2) is 48.5 Å². The summed E-state index contributed by atoms with van der Waals surface area (Å²) in [6, 6.07) is 13.4. The van der Waals surface area contributed by atoms with E-state index in [1.54, 1.807) is 48.5 Å². The molecule has 2 aromatic rings. The van der Waals surface area contributed by atoms with Crippen LogP contribution in [-0.4, -0.2) is 39.2 Å². The Kier molecular flexibility index (Phi) is 4.66. The monoisotopic (exact) mass is 392 g/mol. The Morgan fingerprint density at radius 3 is 2.21 bits per heavy atom. The van der Waals surface area contributed by atoms with Gasteiger partial charge < -0.3 is 10.4 Å². The highest BCUT2D eigenvalue weighted by Gasteiger charge is 2.40. The van der Waals surface area contributed by atoms with Gasteiger partial charge in [-0.1, -0.05) is 24.3 Å². The van der Waals surface area contributed by atoms with Crippen molar-refractivity contribution < 1.29 is 24.3 Å². The largest absolute Gasteiger partial charge is 0.481 e. The fourth-order valence-corrected chi connectivity index (χ4v) is 3.93. The molecule has 4 rings (SSSR count). The normalized spacial score (nSPS) is 16.9. The minimum absolute atomic E-state index is 0.0632. The second-order valence-electron chi connectivity index (χ2n) is 7.60. The summed E-state index contributed by atoms with van der Waals surface area (Å²) < 4.78 is 0. The number of nitrogens with zero attached hydrogens (tertiary/aromatic N) is 1. The third kappa shape index (κ3) is 3.51. The fourth-order valence-electron chi connectivity index (χ4n) is 3.93. The number of carboxylic acid groups (broad SMARTS) is 1. The Morgan fingerprint density at radius 1 is 1.00 bits per heavy atom. The number of carbonyl (C=O) groups excluding carboxylic acids is 3. The molecule has 0 saturated heterocycles. The van der Waals surface area contributed by atoms with Crippen molar-refractivity contribution in [2.24, 2.45) is 0 Å². The van der Waals surface area contributed by atoms with Crippen molar-refractivity contribution in [3.05, 3.63) is 70.8 Å². The summed E-state index contributed by atoms with van der Waals surface area (Å²) in [5.41, 5.74) is 1.09. The molecule has 0 spiro atoms. The van der Waals surface area contributed by atoms with Crippen LogP contribution in [-0.2, 0) is 11.3 Å². The van der Waals surface area contributed by atoms with E-state index >= 15 is 0 Å². The van der Waals surface area contributed by atoms with Crippen molar-refractivity contribution in [3.8, 4) is 0 Å². The first kappa shape index (κ1) is 18.9. The van der Waals surface area contributed by atoms with Gasteiger partial charge in [0.2, 0.25) is 0 Å². The van der Waals surface area contributed by atoms with E-state index in [4.69, 9.17) is 5.11 Å². The lowest BCUT2D eigenvalue weighted by Gasteiger charge is -2.41. The molecular formula is C22H20N2O5. The maximum atomic E-state index is 12.7. The molecule has 0 atom stereocenters. The zero-order chi connectivity index (χ0) is 20.6. The van der Waals surface area contributed by atoms with Crippen LogP contribution in [0.1, 0.15) is 62.3 Å². The molecule has 1 aliphatic heterocycles. The number of benzene rings is 2. The Balaban J connectivity index is 1.50. The molecule has 7 heteroatoms. The third-order valence-electron chi connectivity index (χ3n) is 5.59. The molecule has 2 aromatic carbocycles. The number of rotatable bonds is 6. The van der Waals surface area contributed by atoms with Gasteiger partial charge in [0, 0.05) is 5.56 Å². The lowest BCUT2D eigenvalue weighted by molar-refractivity contribution is -0.139. The van der Waals surface area contributed by atoms with Gasteiger partial charge in [-0.25, -0.2) is 0 Å². The number of aliphatic carboxylic acids is 1. The Morgan fingerprint density at radius 2 is 1.66 bits per heavy atom. The summed E-state index contributed by atoms with van der Waals surface area (Å²) >= 11 is 0. The van der Waals surface area contributed by atoms with Gasteiger partial charge in [0.05, 0.1) is 29.6 Å². The molecule has 148 valence electrons. The summed E-state index contributed by atoms with van der Waals surface area (Å²) in [6.07, 6.45) is 2.06. The molecule has 1 saturated carbocycles. The van der Waals surface area contributed by atoms with Gasteiger partial charge in [0.15, 0.2) is 0 Å². The van der Waals surface area contributed by atoms with Crippen LogP contribution in [0.5, 0.6) is 0 Å². The summed E-state index contributed by atoms with van der Waals surface area (Å²) in [6.45, 7) is 0.0632. The van der Waals surface area contributed by atoms with E-state index in [2.05, 4.69) is 5.32 Å². The highest BCUT2D eigenvalue weighted by Crippen LogP contribution is 2.35. The summed E-state index contributed by atoms with van der Waals surface area (Å²) in [5, 5.41) is 12.0. The molecule has 29 heavy (non-hydrogen) atoms. The van der Waals surface area contributed by atoms with E-state index in [1.165, 1.54) is 4.90 Å².